The van der Waals surface area contributed by atoms with E-state index < -0.39 is 17.7 Å². The summed E-state index contributed by atoms with van der Waals surface area (Å²) in [6, 6.07) is 8.85. The van der Waals surface area contributed by atoms with Crippen LogP contribution in [0.4, 0.5) is 11.4 Å². The molecule has 2 amide bonds. The van der Waals surface area contributed by atoms with Crippen LogP contribution >= 0.6 is 46.4 Å². The van der Waals surface area contributed by atoms with Gasteiger partial charge in [0.2, 0.25) is 11.8 Å². The summed E-state index contributed by atoms with van der Waals surface area (Å²) in [7, 11) is 0. The zero-order valence-corrected chi connectivity index (χ0v) is 15.9. The number of halogens is 4. The predicted octanol–water partition coefficient (Wildman–Crippen LogP) is 4.95. The highest BCUT2D eigenvalue weighted by molar-refractivity contribution is 6.38. The number of rotatable bonds is 5. The fourth-order valence-corrected chi connectivity index (χ4v) is 2.84. The molecule has 0 atom stereocenters. The number of anilines is 2. The van der Waals surface area contributed by atoms with E-state index in [2.05, 4.69) is 15.8 Å². The highest BCUT2D eigenvalue weighted by atomic mass is 35.5. The number of hydrogen-bond acceptors (Lipinski definition) is 4. The number of benzene rings is 2. The third-order valence-electron chi connectivity index (χ3n) is 3.16. The molecule has 2 rings (SSSR count). The Morgan fingerprint density at radius 2 is 1.31 bits per heavy atom. The van der Waals surface area contributed by atoms with Crippen LogP contribution in [0, 0.1) is 5.92 Å². The van der Waals surface area contributed by atoms with Crippen molar-refractivity contribution < 1.29 is 14.8 Å². The summed E-state index contributed by atoms with van der Waals surface area (Å²) in [6.45, 7) is 0. The molecule has 2 aromatic carbocycles. The van der Waals surface area contributed by atoms with E-state index >= 15 is 0 Å². The van der Waals surface area contributed by atoms with Gasteiger partial charge in [0.05, 0.1) is 27.6 Å². The molecule has 3 N–H and O–H groups in total. The highest BCUT2D eigenvalue weighted by Gasteiger charge is 2.26. The first kappa shape index (κ1) is 20.3. The lowest BCUT2D eigenvalue weighted by molar-refractivity contribution is -0.126. The summed E-state index contributed by atoms with van der Waals surface area (Å²) in [5, 5.41) is 17.6. The minimum absolute atomic E-state index is 0.187. The highest BCUT2D eigenvalue weighted by Crippen LogP contribution is 2.27. The standard InChI is InChI=1S/C16H11Cl4N3O3/c17-8-1-3-13(11(19)5-8)22-15(24)10(7-21-26)16(25)23-14-4-2-9(18)6-12(14)20/h1-7,10,26H,(H,22,24)(H,23,25)/b21-7+. The fraction of sp³-hybridized carbons (Fsp3) is 0.0625. The fourth-order valence-electron chi connectivity index (χ4n) is 1.92. The van der Waals surface area contributed by atoms with Crippen molar-refractivity contribution in [3.05, 3.63) is 56.5 Å². The molecule has 0 saturated heterocycles. The van der Waals surface area contributed by atoms with Crippen molar-refractivity contribution in [2.45, 2.75) is 0 Å². The maximum atomic E-state index is 12.4. The smallest absolute Gasteiger partial charge is 0.242 e. The Labute approximate surface area is 168 Å². The molecule has 0 aromatic heterocycles. The first-order valence-electron chi connectivity index (χ1n) is 7.01. The van der Waals surface area contributed by atoms with Crippen LogP contribution < -0.4 is 10.6 Å². The van der Waals surface area contributed by atoms with Crippen LogP contribution in [0.15, 0.2) is 41.6 Å². The number of nitrogens with zero attached hydrogens (tertiary/aromatic N) is 1. The molecule has 0 unspecified atom stereocenters. The molecule has 0 aliphatic carbocycles. The monoisotopic (exact) mass is 433 g/mol. The molecule has 0 aliphatic rings. The number of carbonyl (C=O) groups is 2. The van der Waals surface area contributed by atoms with Crippen LogP contribution in [0.25, 0.3) is 0 Å². The Kier molecular flexibility index (Phi) is 7.11. The second-order valence-electron chi connectivity index (χ2n) is 4.97. The second-order valence-corrected chi connectivity index (χ2v) is 6.66. The molecular formula is C16H11Cl4N3O3. The van der Waals surface area contributed by atoms with Gasteiger partial charge in [-0.25, -0.2) is 0 Å². The van der Waals surface area contributed by atoms with Gasteiger partial charge in [-0.2, -0.15) is 0 Å². The lowest BCUT2D eigenvalue weighted by Crippen LogP contribution is -2.35. The maximum Gasteiger partial charge on any atom is 0.242 e. The summed E-state index contributed by atoms with van der Waals surface area (Å²) in [4.78, 5) is 24.8. The van der Waals surface area contributed by atoms with E-state index in [9.17, 15) is 9.59 Å². The van der Waals surface area contributed by atoms with Gasteiger partial charge in [0.1, 0.15) is 0 Å². The Morgan fingerprint density at radius 1 is 0.885 bits per heavy atom. The van der Waals surface area contributed by atoms with Gasteiger partial charge >= 0.3 is 0 Å². The number of amides is 2. The molecule has 26 heavy (non-hydrogen) atoms. The molecule has 6 nitrogen and oxygen atoms in total. The zero-order valence-electron chi connectivity index (χ0n) is 12.8. The van der Waals surface area contributed by atoms with Crippen molar-refractivity contribution in [1.82, 2.24) is 0 Å². The first-order valence-corrected chi connectivity index (χ1v) is 8.52. The number of nitrogens with one attached hydrogen (secondary N) is 2. The number of carbonyl (C=O) groups excluding carboxylic acids is 2. The van der Waals surface area contributed by atoms with Crippen molar-refractivity contribution in [2.24, 2.45) is 11.1 Å². The summed E-state index contributed by atoms with van der Waals surface area (Å²) in [5.74, 6) is -2.98. The molecule has 0 spiro atoms. The predicted molar refractivity (Wildman–Crippen MR) is 104 cm³/mol. The van der Waals surface area contributed by atoms with Gasteiger partial charge in [-0.05, 0) is 36.4 Å². The molecular weight excluding hydrogens is 424 g/mol. The molecule has 10 heteroatoms. The summed E-state index contributed by atoms with van der Waals surface area (Å²) >= 11 is 23.6. The Bertz CT molecular complexity index is 808. The molecule has 0 saturated carbocycles. The largest absolute Gasteiger partial charge is 0.411 e. The van der Waals surface area contributed by atoms with E-state index in [4.69, 9.17) is 51.6 Å². The molecule has 136 valence electrons. The number of hydrogen-bond donors (Lipinski definition) is 3. The Balaban J connectivity index is 2.18. The van der Waals surface area contributed by atoms with Gasteiger partial charge in [-0.1, -0.05) is 46.4 Å². The van der Waals surface area contributed by atoms with Crippen LogP contribution in [0.3, 0.4) is 0 Å². The maximum absolute atomic E-state index is 12.4. The van der Waals surface area contributed by atoms with Crippen molar-refractivity contribution >= 4 is 75.8 Å². The van der Waals surface area contributed by atoms with Crippen LogP contribution in [-0.2, 0) is 9.59 Å². The van der Waals surface area contributed by atoms with Crippen LogP contribution in [0.2, 0.25) is 20.1 Å². The third-order valence-corrected chi connectivity index (χ3v) is 4.25. The van der Waals surface area contributed by atoms with Gasteiger partial charge in [-0.3, -0.25) is 9.59 Å². The minimum Gasteiger partial charge on any atom is -0.411 e. The molecule has 0 bridgehead atoms. The van der Waals surface area contributed by atoms with Crippen molar-refractivity contribution in [3.63, 3.8) is 0 Å². The lowest BCUT2D eigenvalue weighted by atomic mass is 10.1. The molecule has 0 fully saturated rings. The molecule has 0 aliphatic heterocycles. The normalized spacial score (nSPS) is 11.0. The SMILES string of the molecule is O=C(Nc1ccc(Cl)cc1Cl)C(/C=N/O)C(=O)Nc1ccc(Cl)cc1Cl. The van der Waals surface area contributed by atoms with E-state index in [1.165, 1.54) is 36.4 Å². The van der Waals surface area contributed by atoms with E-state index in [-0.39, 0.29) is 21.4 Å². The van der Waals surface area contributed by atoms with E-state index in [0.717, 1.165) is 6.21 Å². The average molecular weight is 435 g/mol. The van der Waals surface area contributed by atoms with Crippen LogP contribution in [-0.4, -0.2) is 23.2 Å². The molecule has 0 heterocycles. The molecule has 0 radical (unpaired) electrons. The lowest BCUT2D eigenvalue weighted by Gasteiger charge is -2.14. The average Bonchev–Trinajstić information content (AvgIpc) is 2.57. The van der Waals surface area contributed by atoms with Gasteiger partial charge in [0.15, 0.2) is 5.92 Å². The topological polar surface area (TPSA) is 90.8 Å². The second kappa shape index (κ2) is 9.09. The Hall–Kier alpha value is -1.99. The van der Waals surface area contributed by atoms with Crippen molar-refractivity contribution in [3.8, 4) is 0 Å². The summed E-state index contributed by atoms with van der Waals surface area (Å²) in [5.41, 5.74) is 0.490. The van der Waals surface area contributed by atoms with Crippen molar-refractivity contribution in [1.29, 1.82) is 0 Å². The molecule has 2 aromatic rings. The quantitative estimate of drug-likeness (QED) is 0.269. The minimum atomic E-state index is -1.45. The number of oxime groups is 1. The van der Waals surface area contributed by atoms with Gasteiger partial charge in [0, 0.05) is 10.0 Å². The van der Waals surface area contributed by atoms with E-state index in [1.54, 1.807) is 0 Å². The van der Waals surface area contributed by atoms with Crippen molar-refractivity contribution in [2.75, 3.05) is 10.6 Å². The van der Waals surface area contributed by atoms with Gasteiger partial charge in [-0.15, -0.1) is 5.16 Å². The Morgan fingerprint density at radius 3 is 1.65 bits per heavy atom. The third kappa shape index (κ3) is 5.25. The summed E-state index contributed by atoms with van der Waals surface area (Å²) in [6.07, 6.45) is 0.776. The van der Waals surface area contributed by atoms with Crippen LogP contribution in [0.1, 0.15) is 0 Å². The zero-order chi connectivity index (χ0) is 19.3. The van der Waals surface area contributed by atoms with Gasteiger partial charge < -0.3 is 15.8 Å². The van der Waals surface area contributed by atoms with E-state index in [1.807, 2.05) is 0 Å². The first-order chi connectivity index (χ1) is 12.3. The van der Waals surface area contributed by atoms with E-state index in [0.29, 0.717) is 10.0 Å². The van der Waals surface area contributed by atoms with Gasteiger partial charge in [0.25, 0.3) is 0 Å². The van der Waals surface area contributed by atoms with Crippen LogP contribution in [0.5, 0.6) is 0 Å². The summed E-state index contributed by atoms with van der Waals surface area (Å²) < 4.78 is 0.